The molecular formula is C28H36ClNO7. The average molecular weight is 534 g/mol. The van der Waals surface area contributed by atoms with Gasteiger partial charge in [-0.2, -0.15) is 0 Å². The summed E-state index contributed by atoms with van der Waals surface area (Å²) in [5.74, 6) is -3.63. The molecule has 1 aliphatic rings. The van der Waals surface area contributed by atoms with Gasteiger partial charge in [0.05, 0.1) is 19.3 Å². The van der Waals surface area contributed by atoms with Crippen LogP contribution in [0.3, 0.4) is 0 Å². The van der Waals surface area contributed by atoms with Crippen molar-refractivity contribution in [3.05, 3.63) is 58.6 Å². The summed E-state index contributed by atoms with van der Waals surface area (Å²) in [6.07, 6.45) is 2.87. The Hall–Kier alpha value is -2.81. The lowest BCUT2D eigenvalue weighted by molar-refractivity contribution is -0.202. The van der Waals surface area contributed by atoms with Crippen LogP contribution in [0, 0.1) is 0 Å². The predicted molar refractivity (Wildman–Crippen MR) is 140 cm³/mol. The van der Waals surface area contributed by atoms with E-state index >= 15 is 0 Å². The van der Waals surface area contributed by atoms with Crippen molar-refractivity contribution in [2.24, 2.45) is 0 Å². The summed E-state index contributed by atoms with van der Waals surface area (Å²) in [4.78, 5) is 25.8. The standard InChI is InChI=1S/C28H36ClNO7/c1-4-6-13-34-26(32)28(27(33)35-14-7-5-2)36-24-12-11-20(16-25(24)37-28)15-19(3)30-18-23(31)21-9-8-10-22(29)17-21/h8-12,16-17,19,23,30-31H,4-7,13-15,18H2,1-3H3/t19-,23+/m1/s1. The Bertz CT molecular complexity index is 1040. The van der Waals surface area contributed by atoms with E-state index in [9.17, 15) is 14.7 Å². The van der Waals surface area contributed by atoms with Crippen LogP contribution < -0.4 is 14.8 Å². The van der Waals surface area contributed by atoms with Crippen LogP contribution in [0.15, 0.2) is 42.5 Å². The van der Waals surface area contributed by atoms with Gasteiger partial charge in [0.25, 0.3) is 0 Å². The molecule has 0 amide bonds. The Morgan fingerprint density at radius 1 is 1.00 bits per heavy atom. The van der Waals surface area contributed by atoms with Gasteiger partial charge < -0.3 is 29.4 Å². The van der Waals surface area contributed by atoms with Crippen molar-refractivity contribution in [3.63, 3.8) is 0 Å². The second kappa shape index (κ2) is 13.7. The number of aliphatic hydroxyl groups excluding tert-OH is 1. The van der Waals surface area contributed by atoms with Crippen molar-refractivity contribution in [2.75, 3.05) is 19.8 Å². The minimum Gasteiger partial charge on any atom is -0.459 e. The Morgan fingerprint density at radius 3 is 2.27 bits per heavy atom. The van der Waals surface area contributed by atoms with Gasteiger partial charge in [0, 0.05) is 17.6 Å². The molecule has 0 unspecified atom stereocenters. The molecule has 0 aliphatic carbocycles. The first kappa shape index (κ1) is 28.8. The van der Waals surface area contributed by atoms with Gasteiger partial charge in [-0.25, -0.2) is 9.59 Å². The number of hydrogen-bond acceptors (Lipinski definition) is 8. The molecule has 2 atom stereocenters. The fourth-order valence-electron chi connectivity index (χ4n) is 3.80. The number of hydrogen-bond donors (Lipinski definition) is 2. The molecule has 8 nitrogen and oxygen atoms in total. The van der Waals surface area contributed by atoms with Crippen LogP contribution in [0.25, 0.3) is 0 Å². The van der Waals surface area contributed by atoms with Crippen LogP contribution in [0.1, 0.15) is 63.7 Å². The molecule has 1 heterocycles. The fraction of sp³-hybridized carbons (Fsp3) is 0.500. The van der Waals surface area contributed by atoms with Gasteiger partial charge in [-0.05, 0) is 61.6 Å². The number of nitrogens with one attached hydrogen (secondary N) is 1. The van der Waals surface area contributed by atoms with Crippen LogP contribution in [0.5, 0.6) is 11.5 Å². The third kappa shape index (κ3) is 7.60. The van der Waals surface area contributed by atoms with Crippen molar-refractivity contribution < 1.29 is 33.6 Å². The summed E-state index contributed by atoms with van der Waals surface area (Å²) >= 11 is 6.02. The Labute approximate surface area is 223 Å². The number of rotatable bonds is 14. The topological polar surface area (TPSA) is 103 Å². The lowest BCUT2D eigenvalue weighted by Crippen LogP contribution is -2.56. The normalized spacial score (nSPS) is 15.2. The summed E-state index contributed by atoms with van der Waals surface area (Å²) in [7, 11) is 0. The molecule has 2 N–H and O–H groups in total. The van der Waals surface area contributed by atoms with E-state index in [1.807, 2.05) is 32.9 Å². The van der Waals surface area contributed by atoms with Gasteiger partial charge in [-0.1, -0.05) is 56.5 Å². The molecule has 0 spiro atoms. The SMILES string of the molecule is CCCCOC(=O)C1(C(=O)OCCCC)Oc2ccc(C[C@@H](C)NC[C@H](O)c3cccc(Cl)c3)cc2O1. The quantitative estimate of drug-likeness (QED) is 0.204. The van der Waals surface area contributed by atoms with Gasteiger partial charge in [0.15, 0.2) is 11.5 Å². The number of aliphatic hydroxyl groups is 1. The summed E-state index contributed by atoms with van der Waals surface area (Å²) in [6.45, 7) is 6.58. The van der Waals surface area contributed by atoms with Crippen LogP contribution in [0.2, 0.25) is 5.02 Å². The number of halogens is 1. The van der Waals surface area contributed by atoms with E-state index < -0.39 is 23.8 Å². The molecule has 2 aromatic carbocycles. The maximum absolute atomic E-state index is 12.9. The first-order valence-corrected chi connectivity index (χ1v) is 13.2. The van der Waals surface area contributed by atoms with Crippen LogP contribution >= 0.6 is 11.6 Å². The molecule has 1 aliphatic heterocycles. The number of carbonyl (C=O) groups excluding carboxylic acids is 2. The number of benzene rings is 2. The third-order valence-corrected chi connectivity index (χ3v) is 6.19. The molecule has 0 bridgehead atoms. The zero-order valence-corrected chi connectivity index (χ0v) is 22.4. The van der Waals surface area contributed by atoms with Gasteiger partial charge in [0.2, 0.25) is 0 Å². The van der Waals surface area contributed by atoms with E-state index in [1.54, 1.807) is 30.3 Å². The molecule has 0 fully saturated rings. The van der Waals surface area contributed by atoms with Crippen molar-refractivity contribution in [1.82, 2.24) is 5.32 Å². The summed E-state index contributed by atoms with van der Waals surface area (Å²) < 4.78 is 22.2. The first-order chi connectivity index (χ1) is 17.8. The zero-order valence-electron chi connectivity index (χ0n) is 21.6. The maximum Gasteiger partial charge on any atom is 0.453 e. The highest BCUT2D eigenvalue weighted by atomic mass is 35.5. The van der Waals surface area contributed by atoms with Crippen molar-refractivity contribution in [3.8, 4) is 11.5 Å². The maximum atomic E-state index is 12.9. The van der Waals surface area contributed by atoms with Crippen LogP contribution in [-0.2, 0) is 25.5 Å². The van der Waals surface area contributed by atoms with Gasteiger partial charge in [0.1, 0.15) is 0 Å². The largest absolute Gasteiger partial charge is 0.459 e. The van der Waals surface area contributed by atoms with Crippen molar-refractivity contribution >= 4 is 23.5 Å². The van der Waals surface area contributed by atoms with Crippen molar-refractivity contribution in [2.45, 2.75) is 70.8 Å². The third-order valence-electron chi connectivity index (χ3n) is 5.95. The van der Waals surface area contributed by atoms with Gasteiger partial charge in [-0.15, -0.1) is 0 Å². The summed E-state index contributed by atoms with van der Waals surface area (Å²) in [5, 5.41) is 14.3. The van der Waals surface area contributed by atoms with E-state index in [1.165, 1.54) is 0 Å². The Morgan fingerprint density at radius 2 is 1.65 bits per heavy atom. The Kier molecular flexibility index (Phi) is 10.6. The minimum atomic E-state index is -2.31. The smallest absolute Gasteiger partial charge is 0.453 e. The predicted octanol–water partition coefficient (Wildman–Crippen LogP) is 4.75. The number of unbranched alkanes of at least 4 members (excludes halogenated alkanes) is 2. The van der Waals surface area contributed by atoms with Crippen LogP contribution in [0.4, 0.5) is 0 Å². The Balaban J connectivity index is 1.65. The van der Waals surface area contributed by atoms with Gasteiger partial charge in [-0.3, -0.25) is 0 Å². The molecule has 3 rings (SSSR count). The van der Waals surface area contributed by atoms with E-state index in [0.717, 1.165) is 24.0 Å². The molecule has 0 aromatic heterocycles. The highest BCUT2D eigenvalue weighted by molar-refractivity contribution is 6.30. The monoisotopic (exact) mass is 533 g/mol. The molecule has 0 radical (unpaired) electrons. The van der Waals surface area contributed by atoms with E-state index in [4.69, 9.17) is 30.5 Å². The first-order valence-electron chi connectivity index (χ1n) is 12.8. The van der Waals surface area contributed by atoms with E-state index in [-0.39, 0.29) is 30.8 Å². The molecule has 37 heavy (non-hydrogen) atoms. The highest BCUT2D eigenvalue weighted by Crippen LogP contribution is 2.41. The fourth-order valence-corrected chi connectivity index (χ4v) is 4.00. The lowest BCUT2D eigenvalue weighted by Gasteiger charge is -2.23. The minimum absolute atomic E-state index is 0.0111. The number of carbonyl (C=O) groups is 2. The molecule has 0 saturated heterocycles. The summed E-state index contributed by atoms with van der Waals surface area (Å²) in [5.41, 5.74) is 1.64. The average Bonchev–Trinajstić information content (AvgIpc) is 3.28. The molecular weight excluding hydrogens is 498 g/mol. The van der Waals surface area contributed by atoms with Crippen molar-refractivity contribution in [1.29, 1.82) is 0 Å². The van der Waals surface area contributed by atoms with Gasteiger partial charge >= 0.3 is 17.7 Å². The molecule has 0 saturated carbocycles. The second-order valence-electron chi connectivity index (χ2n) is 9.16. The molecule has 2 aromatic rings. The highest BCUT2D eigenvalue weighted by Gasteiger charge is 2.59. The zero-order chi connectivity index (χ0) is 26.8. The molecule has 9 heteroatoms. The number of esters is 2. The number of fused-ring (bicyclic) bond motifs is 1. The second-order valence-corrected chi connectivity index (χ2v) is 9.60. The lowest BCUT2D eigenvalue weighted by atomic mass is 10.1. The van der Waals surface area contributed by atoms with E-state index in [0.29, 0.717) is 30.8 Å². The summed E-state index contributed by atoms with van der Waals surface area (Å²) in [6, 6.07) is 12.4. The van der Waals surface area contributed by atoms with E-state index in [2.05, 4.69) is 5.32 Å². The van der Waals surface area contributed by atoms with Crippen LogP contribution in [-0.4, -0.2) is 48.6 Å². The number of ether oxygens (including phenoxy) is 4. The molecule has 202 valence electrons.